The van der Waals surface area contributed by atoms with Crippen LogP contribution in [0.3, 0.4) is 0 Å². The van der Waals surface area contributed by atoms with Gasteiger partial charge in [-0.2, -0.15) is 0 Å². The Bertz CT molecular complexity index is 277. The summed E-state index contributed by atoms with van der Waals surface area (Å²) in [5, 5.41) is 9.04. The highest BCUT2D eigenvalue weighted by Crippen LogP contribution is 2.33. The lowest BCUT2D eigenvalue weighted by molar-refractivity contribution is -0.149. The predicted molar refractivity (Wildman–Crippen MR) is 61.0 cm³/mol. The standard InChI is InChI=1S/C12H21NO3/c1-4-8(2)13(3)11(14)9-6-5-7-10(9)12(15)16/h8-10H,4-7H2,1-3H3,(H,15,16)/t8?,9-,10+/m1/s1. The molecule has 4 nitrogen and oxygen atoms in total. The van der Waals surface area contributed by atoms with Gasteiger partial charge in [0, 0.05) is 13.1 Å². The molecule has 92 valence electrons. The average Bonchev–Trinajstić information content (AvgIpc) is 2.74. The first-order valence-electron chi connectivity index (χ1n) is 5.98. The summed E-state index contributed by atoms with van der Waals surface area (Å²) in [5.74, 6) is -1.61. The van der Waals surface area contributed by atoms with E-state index in [0.717, 1.165) is 19.3 Å². The minimum atomic E-state index is -0.826. The van der Waals surface area contributed by atoms with Gasteiger partial charge in [0.15, 0.2) is 0 Å². The molecule has 0 spiro atoms. The van der Waals surface area contributed by atoms with Crippen molar-refractivity contribution in [1.82, 2.24) is 4.90 Å². The van der Waals surface area contributed by atoms with Gasteiger partial charge in [-0.25, -0.2) is 0 Å². The second-order valence-corrected chi connectivity index (χ2v) is 4.69. The highest BCUT2D eigenvalue weighted by Gasteiger charge is 2.39. The van der Waals surface area contributed by atoms with Crippen LogP contribution in [0, 0.1) is 11.8 Å². The van der Waals surface area contributed by atoms with E-state index in [1.807, 2.05) is 13.8 Å². The zero-order valence-corrected chi connectivity index (χ0v) is 10.3. The van der Waals surface area contributed by atoms with Crippen LogP contribution in [0.1, 0.15) is 39.5 Å². The number of carboxylic acid groups (broad SMARTS) is 1. The predicted octanol–water partition coefficient (Wildman–Crippen LogP) is 1.74. The first-order valence-corrected chi connectivity index (χ1v) is 5.98. The van der Waals surface area contributed by atoms with Crippen LogP contribution in [0.15, 0.2) is 0 Å². The number of carbonyl (C=O) groups excluding carboxylic acids is 1. The summed E-state index contributed by atoms with van der Waals surface area (Å²) in [6, 6.07) is 0.183. The molecule has 1 unspecified atom stereocenters. The van der Waals surface area contributed by atoms with Crippen molar-refractivity contribution >= 4 is 11.9 Å². The summed E-state index contributed by atoms with van der Waals surface area (Å²) in [7, 11) is 1.77. The summed E-state index contributed by atoms with van der Waals surface area (Å²) in [4.78, 5) is 24.8. The Hall–Kier alpha value is -1.06. The van der Waals surface area contributed by atoms with Crippen molar-refractivity contribution in [2.75, 3.05) is 7.05 Å². The Morgan fingerprint density at radius 1 is 1.38 bits per heavy atom. The van der Waals surface area contributed by atoms with Gasteiger partial charge in [-0.05, 0) is 26.2 Å². The average molecular weight is 227 g/mol. The maximum absolute atomic E-state index is 12.1. The van der Waals surface area contributed by atoms with E-state index in [1.165, 1.54) is 0 Å². The molecule has 0 aliphatic heterocycles. The number of hydrogen-bond acceptors (Lipinski definition) is 2. The third-order valence-corrected chi connectivity index (χ3v) is 3.75. The first-order chi connectivity index (χ1) is 7.49. The SMILES string of the molecule is CCC(C)N(C)C(=O)[C@@H]1CCC[C@@H]1C(=O)O. The van der Waals surface area contributed by atoms with Crippen LogP contribution in [0.2, 0.25) is 0 Å². The maximum atomic E-state index is 12.1. The summed E-state index contributed by atoms with van der Waals surface area (Å²) in [6.07, 6.45) is 3.10. The van der Waals surface area contributed by atoms with Gasteiger partial charge in [0.25, 0.3) is 0 Å². The summed E-state index contributed by atoms with van der Waals surface area (Å²) in [6.45, 7) is 4.01. The number of nitrogens with zero attached hydrogens (tertiary/aromatic N) is 1. The molecule has 0 radical (unpaired) electrons. The molecule has 1 rings (SSSR count). The molecule has 1 aliphatic rings. The summed E-state index contributed by atoms with van der Waals surface area (Å²) >= 11 is 0. The smallest absolute Gasteiger partial charge is 0.307 e. The highest BCUT2D eigenvalue weighted by molar-refractivity contribution is 5.85. The van der Waals surface area contributed by atoms with Crippen molar-refractivity contribution in [3.8, 4) is 0 Å². The fraction of sp³-hybridized carbons (Fsp3) is 0.833. The maximum Gasteiger partial charge on any atom is 0.307 e. The number of aliphatic carboxylic acids is 1. The van der Waals surface area contributed by atoms with E-state index in [-0.39, 0.29) is 17.9 Å². The summed E-state index contributed by atoms with van der Waals surface area (Å²) < 4.78 is 0. The van der Waals surface area contributed by atoms with Crippen molar-refractivity contribution < 1.29 is 14.7 Å². The zero-order valence-electron chi connectivity index (χ0n) is 10.3. The number of rotatable bonds is 4. The minimum absolute atomic E-state index is 0.000694. The van der Waals surface area contributed by atoms with Crippen LogP contribution in [-0.2, 0) is 9.59 Å². The van der Waals surface area contributed by atoms with E-state index >= 15 is 0 Å². The van der Waals surface area contributed by atoms with Crippen LogP contribution in [-0.4, -0.2) is 35.0 Å². The van der Waals surface area contributed by atoms with E-state index in [0.29, 0.717) is 6.42 Å². The fourth-order valence-electron chi connectivity index (χ4n) is 2.30. The molecule has 1 saturated carbocycles. The number of hydrogen-bond donors (Lipinski definition) is 1. The summed E-state index contributed by atoms with van der Waals surface area (Å²) in [5.41, 5.74) is 0. The lowest BCUT2D eigenvalue weighted by Crippen LogP contribution is -2.41. The molecule has 1 amide bonds. The molecule has 1 fully saturated rings. The van der Waals surface area contributed by atoms with Crippen LogP contribution >= 0.6 is 0 Å². The van der Waals surface area contributed by atoms with Gasteiger partial charge in [-0.1, -0.05) is 13.3 Å². The molecular weight excluding hydrogens is 206 g/mol. The Kier molecular flexibility index (Phi) is 4.33. The van der Waals surface area contributed by atoms with Crippen molar-refractivity contribution in [1.29, 1.82) is 0 Å². The molecule has 16 heavy (non-hydrogen) atoms. The van der Waals surface area contributed by atoms with Gasteiger partial charge in [-0.15, -0.1) is 0 Å². The monoisotopic (exact) mass is 227 g/mol. The van der Waals surface area contributed by atoms with E-state index in [9.17, 15) is 9.59 Å². The topological polar surface area (TPSA) is 57.6 Å². The van der Waals surface area contributed by atoms with Crippen molar-refractivity contribution in [3.05, 3.63) is 0 Å². The molecule has 4 heteroatoms. The minimum Gasteiger partial charge on any atom is -0.481 e. The Morgan fingerprint density at radius 3 is 2.44 bits per heavy atom. The van der Waals surface area contributed by atoms with Gasteiger partial charge in [0.05, 0.1) is 11.8 Å². The molecule has 1 aliphatic carbocycles. The molecular formula is C12H21NO3. The number of carbonyl (C=O) groups is 2. The largest absolute Gasteiger partial charge is 0.481 e. The third-order valence-electron chi connectivity index (χ3n) is 3.75. The van der Waals surface area contributed by atoms with E-state index < -0.39 is 11.9 Å². The van der Waals surface area contributed by atoms with Gasteiger partial charge in [0.2, 0.25) is 5.91 Å². The van der Waals surface area contributed by atoms with Crippen molar-refractivity contribution in [2.45, 2.75) is 45.6 Å². The van der Waals surface area contributed by atoms with E-state index in [4.69, 9.17) is 5.11 Å². The van der Waals surface area contributed by atoms with Crippen LogP contribution < -0.4 is 0 Å². The lowest BCUT2D eigenvalue weighted by Gasteiger charge is -2.28. The van der Waals surface area contributed by atoms with Crippen molar-refractivity contribution in [2.24, 2.45) is 11.8 Å². The molecule has 0 bridgehead atoms. The zero-order chi connectivity index (χ0) is 12.3. The quantitative estimate of drug-likeness (QED) is 0.796. The Morgan fingerprint density at radius 2 is 1.94 bits per heavy atom. The number of amides is 1. The van der Waals surface area contributed by atoms with Crippen LogP contribution in [0.5, 0.6) is 0 Å². The molecule has 1 N–H and O–H groups in total. The second-order valence-electron chi connectivity index (χ2n) is 4.69. The van der Waals surface area contributed by atoms with Gasteiger partial charge in [-0.3, -0.25) is 9.59 Å². The number of carboxylic acids is 1. The lowest BCUT2D eigenvalue weighted by atomic mass is 9.94. The third kappa shape index (κ3) is 2.54. The molecule has 3 atom stereocenters. The molecule has 0 aromatic carbocycles. The van der Waals surface area contributed by atoms with Gasteiger partial charge >= 0.3 is 5.97 Å². The Balaban J connectivity index is 2.69. The first kappa shape index (κ1) is 13.0. The molecule has 0 heterocycles. The fourth-order valence-corrected chi connectivity index (χ4v) is 2.30. The molecule has 0 aromatic rings. The molecule has 0 saturated heterocycles. The normalized spacial score (nSPS) is 26.4. The van der Waals surface area contributed by atoms with Crippen LogP contribution in [0.4, 0.5) is 0 Å². The Labute approximate surface area is 96.6 Å². The van der Waals surface area contributed by atoms with E-state index in [2.05, 4.69) is 0 Å². The second kappa shape index (κ2) is 5.32. The van der Waals surface area contributed by atoms with Gasteiger partial charge in [0.1, 0.15) is 0 Å². The highest BCUT2D eigenvalue weighted by atomic mass is 16.4. The van der Waals surface area contributed by atoms with E-state index in [1.54, 1.807) is 11.9 Å². The molecule has 0 aromatic heterocycles. The van der Waals surface area contributed by atoms with Crippen LogP contribution in [0.25, 0.3) is 0 Å². The van der Waals surface area contributed by atoms with Gasteiger partial charge < -0.3 is 10.0 Å². The van der Waals surface area contributed by atoms with Crippen molar-refractivity contribution in [3.63, 3.8) is 0 Å².